The van der Waals surface area contributed by atoms with Gasteiger partial charge in [-0.05, 0) is 41.0 Å². The number of aliphatic hydroxyl groups excluding tert-OH is 1. The summed E-state index contributed by atoms with van der Waals surface area (Å²) in [7, 11) is 0. The molecule has 1 rings (SSSR count). The van der Waals surface area contributed by atoms with Crippen LogP contribution in [-0.4, -0.2) is 35.0 Å². The molecular weight excluding hydrogens is 178 g/mol. The van der Waals surface area contributed by atoms with Crippen molar-refractivity contribution in [2.75, 3.05) is 6.61 Å². The largest absolute Gasteiger partial charge is 0.395 e. The highest BCUT2D eigenvalue weighted by molar-refractivity contribution is 4.99. The van der Waals surface area contributed by atoms with Gasteiger partial charge in [0.05, 0.1) is 17.8 Å². The fourth-order valence-electron chi connectivity index (χ4n) is 2.22. The van der Waals surface area contributed by atoms with Crippen molar-refractivity contribution in [3.05, 3.63) is 0 Å². The van der Waals surface area contributed by atoms with E-state index >= 15 is 0 Å². The Labute approximate surface area is 86.8 Å². The van der Waals surface area contributed by atoms with E-state index in [4.69, 9.17) is 9.84 Å². The Hall–Kier alpha value is -0.120. The molecule has 0 amide bonds. The monoisotopic (exact) mass is 201 g/mol. The second-order valence-electron chi connectivity index (χ2n) is 5.47. The summed E-state index contributed by atoms with van der Waals surface area (Å²) >= 11 is 0. The maximum Gasteiger partial charge on any atom is 0.0787 e. The van der Waals surface area contributed by atoms with Gasteiger partial charge in [-0.15, -0.1) is 0 Å². The molecule has 1 aliphatic heterocycles. The lowest BCUT2D eigenvalue weighted by Crippen LogP contribution is -2.48. The van der Waals surface area contributed by atoms with Crippen molar-refractivity contribution in [3.63, 3.8) is 0 Å². The number of hydrogen-bond donors (Lipinski definition) is 2. The van der Waals surface area contributed by atoms with Crippen molar-refractivity contribution in [2.45, 2.75) is 64.3 Å². The van der Waals surface area contributed by atoms with E-state index in [0.29, 0.717) is 6.04 Å². The lowest BCUT2D eigenvalue weighted by molar-refractivity contribution is -0.0706. The molecule has 0 aromatic rings. The first kappa shape index (κ1) is 12.0. The van der Waals surface area contributed by atoms with Gasteiger partial charge in [-0.2, -0.15) is 0 Å². The minimum Gasteiger partial charge on any atom is -0.395 e. The van der Waals surface area contributed by atoms with Crippen LogP contribution in [0.25, 0.3) is 0 Å². The quantitative estimate of drug-likeness (QED) is 0.723. The summed E-state index contributed by atoms with van der Waals surface area (Å²) in [5, 5.41) is 12.4. The molecule has 1 saturated heterocycles. The number of rotatable bonds is 3. The van der Waals surface area contributed by atoms with Gasteiger partial charge in [-0.3, -0.25) is 0 Å². The Bertz CT molecular complexity index is 201. The minimum atomic E-state index is -0.146. The molecule has 0 bridgehead atoms. The first-order valence-electron chi connectivity index (χ1n) is 5.34. The van der Waals surface area contributed by atoms with Crippen molar-refractivity contribution in [2.24, 2.45) is 0 Å². The van der Waals surface area contributed by atoms with Crippen LogP contribution in [0.1, 0.15) is 41.0 Å². The number of hydrogen-bond acceptors (Lipinski definition) is 3. The van der Waals surface area contributed by atoms with E-state index in [1.54, 1.807) is 0 Å². The van der Waals surface area contributed by atoms with Crippen molar-refractivity contribution in [1.29, 1.82) is 0 Å². The van der Waals surface area contributed by atoms with Crippen LogP contribution in [-0.2, 0) is 4.74 Å². The van der Waals surface area contributed by atoms with Gasteiger partial charge in [0.25, 0.3) is 0 Å². The zero-order valence-electron chi connectivity index (χ0n) is 9.92. The maximum absolute atomic E-state index is 8.99. The molecule has 1 fully saturated rings. The molecule has 84 valence electrons. The smallest absolute Gasteiger partial charge is 0.0787 e. The SMILES string of the molecule is C[C@@H](CO)N[C@@H]1CC(C)(C)OC1(C)C. The van der Waals surface area contributed by atoms with E-state index in [2.05, 4.69) is 33.0 Å². The Kier molecular flexibility index (Phi) is 3.24. The highest BCUT2D eigenvalue weighted by Crippen LogP contribution is 2.37. The van der Waals surface area contributed by atoms with Crippen LogP contribution in [0.4, 0.5) is 0 Å². The third kappa shape index (κ3) is 2.69. The van der Waals surface area contributed by atoms with Crippen molar-refractivity contribution < 1.29 is 9.84 Å². The van der Waals surface area contributed by atoms with Gasteiger partial charge in [0.15, 0.2) is 0 Å². The van der Waals surface area contributed by atoms with E-state index in [0.717, 1.165) is 6.42 Å². The van der Waals surface area contributed by atoms with Crippen molar-refractivity contribution in [3.8, 4) is 0 Å². The second-order valence-corrected chi connectivity index (χ2v) is 5.47. The van der Waals surface area contributed by atoms with Gasteiger partial charge < -0.3 is 15.2 Å². The van der Waals surface area contributed by atoms with Gasteiger partial charge in [-0.1, -0.05) is 0 Å². The average molecular weight is 201 g/mol. The Morgan fingerprint density at radius 2 is 2.00 bits per heavy atom. The molecule has 0 radical (unpaired) electrons. The fraction of sp³-hybridized carbons (Fsp3) is 1.00. The fourth-order valence-corrected chi connectivity index (χ4v) is 2.22. The zero-order valence-corrected chi connectivity index (χ0v) is 9.92. The molecule has 1 aliphatic rings. The Morgan fingerprint density at radius 3 is 2.36 bits per heavy atom. The van der Waals surface area contributed by atoms with Crippen molar-refractivity contribution >= 4 is 0 Å². The first-order valence-corrected chi connectivity index (χ1v) is 5.34. The second kappa shape index (κ2) is 3.80. The molecule has 0 aliphatic carbocycles. The van der Waals surface area contributed by atoms with Crippen LogP contribution in [0, 0.1) is 0 Å². The Balaban J connectivity index is 2.61. The van der Waals surface area contributed by atoms with E-state index in [1.807, 2.05) is 6.92 Å². The van der Waals surface area contributed by atoms with Gasteiger partial charge in [-0.25, -0.2) is 0 Å². The normalized spacial score (nSPS) is 31.7. The molecule has 3 nitrogen and oxygen atoms in total. The third-order valence-electron chi connectivity index (χ3n) is 2.83. The van der Waals surface area contributed by atoms with E-state index in [9.17, 15) is 0 Å². The topological polar surface area (TPSA) is 41.5 Å². The molecule has 0 spiro atoms. The van der Waals surface area contributed by atoms with Crippen LogP contribution in [0.15, 0.2) is 0 Å². The molecule has 3 heteroatoms. The molecule has 1 heterocycles. The van der Waals surface area contributed by atoms with Crippen LogP contribution in [0.2, 0.25) is 0 Å². The summed E-state index contributed by atoms with van der Waals surface area (Å²) in [5.74, 6) is 0. The van der Waals surface area contributed by atoms with Crippen LogP contribution < -0.4 is 5.32 Å². The summed E-state index contributed by atoms with van der Waals surface area (Å²) < 4.78 is 5.95. The predicted octanol–water partition coefficient (Wildman–Crippen LogP) is 1.30. The first-order chi connectivity index (χ1) is 6.27. The van der Waals surface area contributed by atoms with E-state index in [1.165, 1.54) is 0 Å². The summed E-state index contributed by atoms with van der Waals surface area (Å²) in [6.07, 6.45) is 0.990. The van der Waals surface area contributed by atoms with Crippen LogP contribution in [0.3, 0.4) is 0 Å². The lowest BCUT2D eigenvalue weighted by atomic mass is 9.94. The molecular formula is C11H23NO2. The predicted molar refractivity (Wildman–Crippen MR) is 57.3 cm³/mol. The summed E-state index contributed by atoms with van der Waals surface area (Å²) in [6.45, 7) is 10.6. The van der Waals surface area contributed by atoms with Crippen molar-refractivity contribution in [1.82, 2.24) is 5.32 Å². The van der Waals surface area contributed by atoms with Crippen LogP contribution in [0.5, 0.6) is 0 Å². The van der Waals surface area contributed by atoms with Gasteiger partial charge in [0.2, 0.25) is 0 Å². The van der Waals surface area contributed by atoms with Gasteiger partial charge >= 0.3 is 0 Å². The highest BCUT2D eigenvalue weighted by Gasteiger charge is 2.45. The number of aliphatic hydroxyl groups is 1. The number of ether oxygens (including phenoxy) is 1. The molecule has 0 aromatic carbocycles. The van der Waals surface area contributed by atoms with E-state index in [-0.39, 0.29) is 23.9 Å². The third-order valence-corrected chi connectivity index (χ3v) is 2.83. The molecule has 2 N–H and O–H groups in total. The summed E-state index contributed by atoms with van der Waals surface area (Å²) in [4.78, 5) is 0. The molecule has 2 atom stereocenters. The summed E-state index contributed by atoms with van der Waals surface area (Å²) in [6, 6.07) is 0.455. The molecule has 0 aromatic heterocycles. The molecule has 0 unspecified atom stereocenters. The Morgan fingerprint density at radius 1 is 1.43 bits per heavy atom. The van der Waals surface area contributed by atoms with Gasteiger partial charge in [0.1, 0.15) is 0 Å². The standard InChI is InChI=1S/C11H23NO2/c1-8(7-13)12-9-6-10(2,3)14-11(9,4)5/h8-9,12-13H,6-7H2,1-5H3/t8-,9+/m0/s1. The van der Waals surface area contributed by atoms with Crippen LogP contribution >= 0.6 is 0 Å². The van der Waals surface area contributed by atoms with E-state index < -0.39 is 0 Å². The minimum absolute atomic E-state index is 0.0592. The van der Waals surface area contributed by atoms with Gasteiger partial charge in [0, 0.05) is 12.1 Å². The molecule has 14 heavy (non-hydrogen) atoms. The lowest BCUT2D eigenvalue weighted by Gasteiger charge is -2.29. The zero-order chi connectivity index (χ0) is 11.0. The number of nitrogens with one attached hydrogen (secondary N) is 1. The highest BCUT2D eigenvalue weighted by atomic mass is 16.5. The summed E-state index contributed by atoms with van der Waals surface area (Å²) in [5.41, 5.74) is -0.205. The maximum atomic E-state index is 8.99. The average Bonchev–Trinajstić information content (AvgIpc) is 2.19. The molecule has 0 saturated carbocycles.